The number of amides is 1. The van der Waals surface area contributed by atoms with Gasteiger partial charge in [-0.05, 0) is 24.2 Å². The summed E-state index contributed by atoms with van der Waals surface area (Å²) in [4.78, 5) is 23.4. The molecule has 1 fully saturated rings. The summed E-state index contributed by atoms with van der Waals surface area (Å²) in [5.41, 5.74) is -0.306. The Balaban J connectivity index is 2.62. The van der Waals surface area contributed by atoms with Crippen LogP contribution < -0.4 is 5.32 Å². The third-order valence-electron chi connectivity index (χ3n) is 4.72. The van der Waals surface area contributed by atoms with Gasteiger partial charge in [0.05, 0.1) is 11.7 Å². The molecule has 0 bridgehead atoms. The number of carboxylic acid groups (broad SMARTS) is 1. The van der Waals surface area contributed by atoms with Crippen LogP contribution in [0.3, 0.4) is 0 Å². The fourth-order valence-electron chi connectivity index (χ4n) is 2.97. The van der Waals surface area contributed by atoms with Gasteiger partial charge in [0.15, 0.2) is 0 Å². The zero-order chi connectivity index (χ0) is 16.4. The first-order valence-electron chi connectivity index (χ1n) is 7.61. The average Bonchev–Trinajstić information content (AvgIpc) is 2.31. The van der Waals surface area contributed by atoms with Crippen molar-refractivity contribution < 1.29 is 14.7 Å². The van der Waals surface area contributed by atoms with Crippen LogP contribution in [0.25, 0.3) is 0 Å². The summed E-state index contributed by atoms with van der Waals surface area (Å²) >= 11 is 1.63. The van der Waals surface area contributed by atoms with Crippen molar-refractivity contribution >= 4 is 23.6 Å². The maximum absolute atomic E-state index is 12.1. The smallest absolute Gasteiger partial charge is 0.307 e. The summed E-state index contributed by atoms with van der Waals surface area (Å²) in [6.07, 6.45) is 1.37. The Morgan fingerprint density at radius 3 is 2.33 bits per heavy atom. The Morgan fingerprint density at radius 2 is 1.86 bits per heavy atom. The van der Waals surface area contributed by atoms with E-state index < -0.39 is 5.97 Å². The van der Waals surface area contributed by atoms with Gasteiger partial charge in [-0.15, -0.1) is 11.8 Å². The first-order valence-corrected chi connectivity index (χ1v) is 8.60. The Kier molecular flexibility index (Phi) is 5.76. The number of carboxylic acids is 1. The van der Waals surface area contributed by atoms with E-state index in [4.69, 9.17) is 0 Å². The molecule has 1 saturated carbocycles. The molecule has 1 aliphatic rings. The molecule has 0 heterocycles. The minimum absolute atomic E-state index is 0.0522. The van der Waals surface area contributed by atoms with Gasteiger partial charge in [-0.1, -0.05) is 41.5 Å². The Morgan fingerprint density at radius 1 is 1.29 bits per heavy atom. The lowest BCUT2D eigenvalue weighted by atomic mass is 9.61. The minimum atomic E-state index is -0.722. The molecule has 1 amide bonds. The minimum Gasteiger partial charge on any atom is -0.481 e. The molecule has 0 aromatic heterocycles. The monoisotopic (exact) mass is 315 g/mol. The van der Waals surface area contributed by atoms with Gasteiger partial charge >= 0.3 is 5.97 Å². The second kappa shape index (κ2) is 6.59. The van der Waals surface area contributed by atoms with Gasteiger partial charge in [-0.25, -0.2) is 0 Å². The number of nitrogens with one attached hydrogen (secondary N) is 1. The van der Waals surface area contributed by atoms with Crippen molar-refractivity contribution in [2.24, 2.45) is 17.3 Å². The molecular formula is C16H29NO3S. The van der Waals surface area contributed by atoms with Gasteiger partial charge in [0.2, 0.25) is 5.91 Å². The van der Waals surface area contributed by atoms with E-state index in [-0.39, 0.29) is 33.9 Å². The Labute approximate surface area is 132 Å². The highest BCUT2D eigenvalue weighted by molar-refractivity contribution is 8.01. The number of carbonyl (C=O) groups is 2. The summed E-state index contributed by atoms with van der Waals surface area (Å²) in [7, 11) is 0. The molecule has 0 radical (unpaired) electrons. The SMILES string of the molecule is CC1C(NC(=O)CSC(C)(C)C)CCC(C(=O)O)C1(C)C. The normalized spacial score (nSPS) is 29.0. The molecule has 0 aromatic rings. The number of aliphatic carboxylic acids is 1. The van der Waals surface area contributed by atoms with Gasteiger partial charge in [0.25, 0.3) is 0 Å². The molecule has 122 valence electrons. The summed E-state index contributed by atoms with van der Waals surface area (Å²) in [5, 5.41) is 12.4. The molecule has 0 aliphatic heterocycles. The number of carbonyl (C=O) groups excluding carboxylic acids is 1. The van der Waals surface area contributed by atoms with Crippen molar-refractivity contribution in [2.45, 2.75) is 65.2 Å². The summed E-state index contributed by atoms with van der Waals surface area (Å²) in [6, 6.07) is 0.0728. The van der Waals surface area contributed by atoms with Crippen LogP contribution in [0.2, 0.25) is 0 Å². The molecule has 3 unspecified atom stereocenters. The lowest BCUT2D eigenvalue weighted by Gasteiger charge is -2.46. The van der Waals surface area contributed by atoms with Crippen LogP contribution in [0, 0.1) is 17.3 Å². The van der Waals surface area contributed by atoms with Crippen LogP contribution in [0.4, 0.5) is 0 Å². The second-order valence-corrected chi connectivity index (χ2v) is 9.46. The number of hydrogen-bond acceptors (Lipinski definition) is 3. The summed E-state index contributed by atoms with van der Waals surface area (Å²) in [6.45, 7) is 12.3. The van der Waals surface area contributed by atoms with Crippen LogP contribution in [-0.2, 0) is 9.59 Å². The fraction of sp³-hybridized carbons (Fsp3) is 0.875. The molecule has 0 saturated heterocycles. The Hall–Kier alpha value is -0.710. The van der Waals surface area contributed by atoms with Crippen molar-refractivity contribution in [3.63, 3.8) is 0 Å². The molecular weight excluding hydrogens is 286 g/mol. The van der Waals surface area contributed by atoms with Crippen LogP contribution >= 0.6 is 11.8 Å². The predicted octanol–water partition coefficient (Wildman–Crippen LogP) is 3.16. The zero-order valence-corrected chi connectivity index (χ0v) is 14.8. The lowest BCUT2D eigenvalue weighted by Crippen LogP contribution is -2.52. The second-order valence-electron chi connectivity index (χ2n) is 7.65. The van der Waals surface area contributed by atoms with E-state index in [9.17, 15) is 14.7 Å². The van der Waals surface area contributed by atoms with E-state index in [1.54, 1.807) is 11.8 Å². The van der Waals surface area contributed by atoms with Crippen molar-refractivity contribution in [3.05, 3.63) is 0 Å². The topological polar surface area (TPSA) is 66.4 Å². The van der Waals surface area contributed by atoms with E-state index >= 15 is 0 Å². The van der Waals surface area contributed by atoms with Gasteiger partial charge in [-0.2, -0.15) is 0 Å². The van der Waals surface area contributed by atoms with E-state index in [1.165, 1.54) is 0 Å². The van der Waals surface area contributed by atoms with Crippen LogP contribution in [0.15, 0.2) is 0 Å². The van der Waals surface area contributed by atoms with E-state index in [0.29, 0.717) is 12.2 Å². The van der Waals surface area contributed by atoms with Crippen molar-refractivity contribution in [1.82, 2.24) is 5.32 Å². The quantitative estimate of drug-likeness (QED) is 0.836. The largest absolute Gasteiger partial charge is 0.481 e. The van der Waals surface area contributed by atoms with E-state index in [1.807, 2.05) is 13.8 Å². The first kappa shape index (κ1) is 18.3. The highest BCUT2D eigenvalue weighted by Gasteiger charge is 2.46. The molecule has 1 rings (SSSR count). The zero-order valence-electron chi connectivity index (χ0n) is 14.0. The standard InChI is InChI=1S/C16H29NO3S/c1-10-12(17-13(18)9-21-15(2,3)4)8-7-11(14(19)20)16(10,5)6/h10-12H,7-9H2,1-6H3,(H,17,18)(H,19,20). The Bertz CT molecular complexity index is 401. The van der Waals surface area contributed by atoms with E-state index in [0.717, 1.165) is 6.42 Å². The molecule has 1 aliphatic carbocycles. The van der Waals surface area contributed by atoms with Crippen molar-refractivity contribution in [3.8, 4) is 0 Å². The molecule has 2 N–H and O–H groups in total. The molecule has 0 aromatic carbocycles. The average molecular weight is 315 g/mol. The van der Waals surface area contributed by atoms with Crippen LogP contribution in [0.1, 0.15) is 54.4 Å². The third kappa shape index (κ3) is 4.90. The summed E-state index contributed by atoms with van der Waals surface area (Å²) in [5.74, 6) is -0.396. The predicted molar refractivity (Wildman–Crippen MR) is 87.4 cm³/mol. The molecule has 4 nitrogen and oxygen atoms in total. The highest BCUT2D eigenvalue weighted by Crippen LogP contribution is 2.45. The van der Waals surface area contributed by atoms with Gasteiger partial charge in [0, 0.05) is 10.8 Å². The third-order valence-corrected chi connectivity index (χ3v) is 5.99. The molecule has 21 heavy (non-hydrogen) atoms. The number of rotatable bonds is 4. The molecule has 5 heteroatoms. The van der Waals surface area contributed by atoms with Crippen molar-refractivity contribution in [2.75, 3.05) is 5.75 Å². The van der Waals surface area contributed by atoms with Gasteiger partial charge in [0.1, 0.15) is 0 Å². The van der Waals surface area contributed by atoms with Gasteiger partial charge < -0.3 is 10.4 Å². The van der Waals surface area contributed by atoms with Crippen LogP contribution in [-0.4, -0.2) is 33.5 Å². The molecule has 3 atom stereocenters. The van der Waals surface area contributed by atoms with Gasteiger partial charge in [-0.3, -0.25) is 9.59 Å². The number of hydrogen-bond donors (Lipinski definition) is 2. The number of thioether (sulfide) groups is 1. The molecule has 0 spiro atoms. The lowest BCUT2D eigenvalue weighted by molar-refractivity contribution is -0.150. The highest BCUT2D eigenvalue weighted by atomic mass is 32.2. The summed E-state index contributed by atoms with van der Waals surface area (Å²) < 4.78 is 0.0726. The van der Waals surface area contributed by atoms with E-state index in [2.05, 4.69) is 33.0 Å². The van der Waals surface area contributed by atoms with Crippen LogP contribution in [0.5, 0.6) is 0 Å². The fourth-order valence-corrected chi connectivity index (χ4v) is 3.62. The first-order chi connectivity index (χ1) is 9.45. The maximum atomic E-state index is 12.1. The van der Waals surface area contributed by atoms with Crippen molar-refractivity contribution in [1.29, 1.82) is 0 Å². The maximum Gasteiger partial charge on any atom is 0.307 e.